The van der Waals surface area contributed by atoms with Crippen LogP contribution in [-0.2, 0) is 18.4 Å². The Morgan fingerprint density at radius 3 is 1.00 bits per heavy atom. The fourth-order valence-corrected chi connectivity index (χ4v) is 10.9. The second kappa shape index (κ2) is 45.9. The molecule has 1 rings (SSSR count). The van der Waals surface area contributed by atoms with E-state index >= 15 is 0 Å². The van der Waals surface area contributed by atoms with Gasteiger partial charge >= 0.3 is 7.82 Å². The highest BCUT2D eigenvalue weighted by atomic mass is 31.2. The highest BCUT2D eigenvalue weighted by Gasteiger charge is 2.51. The topological polar surface area (TPSA) is 206 Å². The molecule has 0 saturated heterocycles. The molecule has 0 spiro atoms. The van der Waals surface area contributed by atoms with Crippen LogP contribution in [0.25, 0.3) is 0 Å². The molecule has 3 unspecified atom stereocenters. The summed E-state index contributed by atoms with van der Waals surface area (Å²) in [6, 6.07) is -1.03. The third kappa shape index (κ3) is 36.8. The van der Waals surface area contributed by atoms with Gasteiger partial charge in [-0.15, -0.1) is 0 Å². The van der Waals surface area contributed by atoms with Crippen molar-refractivity contribution in [1.29, 1.82) is 0 Å². The Morgan fingerprint density at radius 2 is 0.696 bits per heavy atom. The summed E-state index contributed by atoms with van der Waals surface area (Å²) in [6.45, 7) is 3.94. The van der Waals surface area contributed by atoms with Gasteiger partial charge in [0.25, 0.3) is 0 Å². The second-order valence-corrected chi connectivity index (χ2v) is 22.6. The van der Waals surface area contributed by atoms with Crippen molar-refractivity contribution in [2.24, 2.45) is 0 Å². The van der Waals surface area contributed by atoms with E-state index in [0.29, 0.717) is 19.3 Å². The summed E-state index contributed by atoms with van der Waals surface area (Å²) in [5.74, 6) is -0.300. The lowest BCUT2D eigenvalue weighted by atomic mass is 9.85. The van der Waals surface area contributed by atoms with Gasteiger partial charge in [-0.3, -0.25) is 13.8 Å². The van der Waals surface area contributed by atoms with Crippen LogP contribution < -0.4 is 5.32 Å². The number of carbonyl (C=O) groups is 1. The van der Waals surface area contributed by atoms with Crippen molar-refractivity contribution in [3.05, 3.63) is 0 Å². The number of hydrogen-bond donors (Lipinski definition) is 8. The molecule has 69 heavy (non-hydrogen) atoms. The molecule has 0 aromatic heterocycles. The van der Waals surface area contributed by atoms with Gasteiger partial charge in [-0.1, -0.05) is 277 Å². The predicted molar refractivity (Wildman–Crippen MR) is 283 cm³/mol. The zero-order valence-corrected chi connectivity index (χ0v) is 45.5. The maximum Gasteiger partial charge on any atom is 0.472 e. The Kier molecular flexibility index (Phi) is 44.2. The zero-order chi connectivity index (χ0) is 50.6. The van der Waals surface area contributed by atoms with Crippen molar-refractivity contribution in [2.45, 2.75) is 345 Å². The van der Waals surface area contributed by atoms with Gasteiger partial charge in [-0.25, -0.2) is 4.57 Å². The summed E-state index contributed by atoms with van der Waals surface area (Å²) >= 11 is 0. The number of unbranched alkanes of at least 4 members (excludes halogenated alkanes) is 40. The number of amides is 1. The number of nitrogens with one attached hydrogen (secondary N) is 1. The maximum atomic E-state index is 13.1. The molecule has 1 aliphatic rings. The lowest BCUT2D eigenvalue weighted by molar-refractivity contribution is -0.220. The summed E-state index contributed by atoms with van der Waals surface area (Å²) in [7, 11) is -5.06. The van der Waals surface area contributed by atoms with Gasteiger partial charge in [0.15, 0.2) is 0 Å². The molecule has 0 aromatic carbocycles. The molecule has 1 fully saturated rings. The van der Waals surface area contributed by atoms with Crippen LogP contribution >= 0.6 is 7.82 Å². The molecule has 12 nitrogen and oxygen atoms in total. The first-order valence-corrected chi connectivity index (χ1v) is 31.0. The predicted octanol–water partition coefficient (Wildman–Crippen LogP) is 13.4. The van der Waals surface area contributed by atoms with Crippen LogP contribution in [0.2, 0.25) is 0 Å². The lowest BCUT2D eigenvalue weighted by Crippen LogP contribution is -2.64. The molecule has 0 bridgehead atoms. The summed E-state index contributed by atoms with van der Waals surface area (Å²) < 4.78 is 23.1. The van der Waals surface area contributed by atoms with Crippen LogP contribution in [0.15, 0.2) is 0 Å². The highest BCUT2D eigenvalue weighted by Crippen LogP contribution is 2.47. The van der Waals surface area contributed by atoms with Crippen molar-refractivity contribution in [3.8, 4) is 0 Å². The molecular weight excluding hydrogens is 894 g/mol. The first-order valence-electron chi connectivity index (χ1n) is 29.5. The Balaban J connectivity index is 2.26. The Hall–Kier alpha value is -0.660. The maximum absolute atomic E-state index is 13.1. The van der Waals surface area contributed by atoms with Crippen LogP contribution in [0.4, 0.5) is 0 Å². The molecule has 412 valence electrons. The molecule has 1 aliphatic carbocycles. The number of aliphatic hydroxyl groups excluding tert-OH is 6. The number of aliphatic hydroxyl groups is 6. The van der Waals surface area contributed by atoms with Crippen LogP contribution in [0.3, 0.4) is 0 Å². The Bertz CT molecular complexity index is 1170. The first-order chi connectivity index (χ1) is 33.4. The average molecular weight is 1010 g/mol. The molecule has 1 amide bonds. The standard InChI is InChI=1S/C56H112NO11P/c1-3-5-7-9-11-13-15-17-19-20-21-22-23-24-25-26-27-28-29-30-32-34-36-38-40-42-44-46-50(59)57-48(47-67-69(65,66)68-56-54(63)52(61)51(60)53(62)55(56)64)49(58)45-43-41-39-37-35-33-31-18-16-14-12-10-8-6-4-2/h48-49,51-56,58,60-64H,3-47H2,1-2H3,(H,57,59)(H,65,66)/t48-,49+,51?,52-,53+,54+,55+,56?/m0/s1. The van der Waals surface area contributed by atoms with E-state index in [4.69, 9.17) is 9.05 Å². The third-order valence-corrected chi connectivity index (χ3v) is 15.7. The van der Waals surface area contributed by atoms with Gasteiger partial charge in [0.1, 0.15) is 36.6 Å². The van der Waals surface area contributed by atoms with E-state index in [2.05, 4.69) is 19.2 Å². The van der Waals surface area contributed by atoms with Crippen LogP contribution in [0.1, 0.15) is 296 Å². The zero-order valence-electron chi connectivity index (χ0n) is 44.6. The quantitative estimate of drug-likeness (QED) is 0.0213. The SMILES string of the molecule is CCCCCCCCCCCCCCCCCCCCCCCCCCCCCC(=O)N[C@@H](COP(=O)(O)OC1[C@H](O)[C@H](O)C(O)[C@H](O)[C@H]1O)[C@H](O)CCCCCCCCCCCCCCCCC. The van der Waals surface area contributed by atoms with E-state index in [9.17, 15) is 44.9 Å². The number of phosphoric acid groups is 1. The molecular formula is C56H112NO11P. The summed E-state index contributed by atoms with van der Waals surface area (Å²) in [4.78, 5) is 23.6. The van der Waals surface area contributed by atoms with Gasteiger partial charge in [0.05, 0.1) is 18.8 Å². The molecule has 0 heterocycles. The molecule has 9 atom stereocenters. The monoisotopic (exact) mass is 1010 g/mol. The molecule has 8 N–H and O–H groups in total. The second-order valence-electron chi connectivity index (χ2n) is 21.2. The Labute approximate surface area is 423 Å². The van der Waals surface area contributed by atoms with Crippen molar-refractivity contribution in [3.63, 3.8) is 0 Å². The molecule has 1 saturated carbocycles. The minimum Gasteiger partial charge on any atom is -0.391 e. The van der Waals surface area contributed by atoms with E-state index in [1.54, 1.807) is 0 Å². The summed E-state index contributed by atoms with van der Waals surface area (Å²) in [6.07, 6.45) is 41.5. The van der Waals surface area contributed by atoms with Crippen LogP contribution in [0.5, 0.6) is 0 Å². The van der Waals surface area contributed by atoms with Gasteiger partial charge in [0, 0.05) is 6.42 Å². The van der Waals surface area contributed by atoms with Crippen molar-refractivity contribution in [2.75, 3.05) is 6.61 Å². The number of hydrogen-bond acceptors (Lipinski definition) is 10. The minimum absolute atomic E-state index is 0.243. The fraction of sp³-hybridized carbons (Fsp3) is 0.982. The molecule has 0 aromatic rings. The lowest BCUT2D eigenvalue weighted by Gasteiger charge is -2.41. The van der Waals surface area contributed by atoms with E-state index in [1.165, 1.54) is 218 Å². The average Bonchev–Trinajstić information content (AvgIpc) is 3.33. The van der Waals surface area contributed by atoms with E-state index in [1.807, 2.05) is 0 Å². The van der Waals surface area contributed by atoms with Gasteiger partial charge < -0.3 is 40.8 Å². The number of carbonyl (C=O) groups excluding carboxylic acids is 1. The van der Waals surface area contributed by atoms with Gasteiger partial charge in [-0.05, 0) is 12.8 Å². The number of rotatable bonds is 51. The van der Waals surface area contributed by atoms with E-state index < -0.39 is 63.2 Å². The normalized spacial score (nSPS) is 21.3. The van der Waals surface area contributed by atoms with Crippen LogP contribution in [0, 0.1) is 0 Å². The van der Waals surface area contributed by atoms with Crippen molar-refractivity contribution >= 4 is 13.7 Å². The Morgan fingerprint density at radius 1 is 0.435 bits per heavy atom. The summed E-state index contributed by atoms with van der Waals surface area (Å²) in [5.41, 5.74) is 0. The van der Waals surface area contributed by atoms with E-state index in [0.717, 1.165) is 38.5 Å². The molecule has 0 radical (unpaired) electrons. The third-order valence-electron chi connectivity index (χ3n) is 14.7. The minimum atomic E-state index is -5.06. The molecule has 13 heteroatoms. The fourth-order valence-electron chi connectivity index (χ4n) is 9.91. The smallest absolute Gasteiger partial charge is 0.391 e. The largest absolute Gasteiger partial charge is 0.472 e. The summed E-state index contributed by atoms with van der Waals surface area (Å²) in [5, 5.41) is 64.4. The van der Waals surface area contributed by atoms with Gasteiger partial charge in [-0.2, -0.15) is 0 Å². The first kappa shape index (κ1) is 66.4. The van der Waals surface area contributed by atoms with Crippen molar-refractivity contribution < 1.29 is 53.9 Å². The van der Waals surface area contributed by atoms with Crippen molar-refractivity contribution in [1.82, 2.24) is 5.32 Å². The number of phosphoric ester groups is 1. The van der Waals surface area contributed by atoms with E-state index in [-0.39, 0.29) is 12.3 Å². The highest BCUT2D eigenvalue weighted by molar-refractivity contribution is 7.47. The van der Waals surface area contributed by atoms with Crippen LogP contribution in [-0.4, -0.2) is 96.8 Å². The molecule has 0 aliphatic heterocycles. The van der Waals surface area contributed by atoms with Gasteiger partial charge in [0.2, 0.25) is 5.91 Å².